The molecule has 0 aromatic heterocycles. The van der Waals surface area contributed by atoms with E-state index >= 15 is 0 Å². The number of anilines is 1. The number of nitrogens with zero attached hydrogens (tertiary/aromatic N) is 2. The molecule has 5 heteroatoms. The first kappa shape index (κ1) is 20.1. The molecule has 1 aliphatic heterocycles. The fourth-order valence-electron chi connectivity index (χ4n) is 6.11. The topological polar surface area (TPSA) is 35.9 Å². The van der Waals surface area contributed by atoms with Crippen LogP contribution in [-0.2, 0) is 4.74 Å². The van der Waals surface area contributed by atoms with Gasteiger partial charge in [0, 0.05) is 32.7 Å². The second-order valence-electron chi connectivity index (χ2n) is 10.0. The summed E-state index contributed by atoms with van der Waals surface area (Å²) >= 11 is 0. The van der Waals surface area contributed by atoms with Crippen molar-refractivity contribution in [2.75, 3.05) is 44.2 Å². The van der Waals surface area contributed by atoms with Gasteiger partial charge in [0.15, 0.2) is 0 Å². The molecular weight excluding hydrogens is 355 g/mol. The van der Waals surface area contributed by atoms with E-state index in [2.05, 4.69) is 30.6 Å². The molecule has 0 amide bonds. The highest BCUT2D eigenvalue weighted by molar-refractivity contribution is 5.47. The normalized spacial score (nSPS) is 33.4. The minimum Gasteiger partial charge on any atom is -0.389 e. The summed E-state index contributed by atoms with van der Waals surface area (Å²) < 4.78 is 20.3. The molecule has 1 saturated heterocycles. The van der Waals surface area contributed by atoms with E-state index in [1.807, 2.05) is 12.1 Å². The summed E-state index contributed by atoms with van der Waals surface area (Å²) in [6, 6.07) is 6.96. The second-order valence-corrected chi connectivity index (χ2v) is 10.0. The van der Waals surface area contributed by atoms with Crippen LogP contribution in [0, 0.1) is 22.6 Å². The van der Waals surface area contributed by atoms with Gasteiger partial charge in [-0.05, 0) is 48.1 Å². The first-order valence-corrected chi connectivity index (χ1v) is 10.8. The Balaban J connectivity index is 1.24. The van der Waals surface area contributed by atoms with Crippen LogP contribution >= 0.6 is 0 Å². The standard InChI is InChI=1S/C23H35FN2O2/c1-22(2)17-8-9-23(3,14-17)21(22)28-16-18(27)15-25-10-12-26(13-11-25)20-7-5-4-6-19(20)24/h4-7,17-18,21,27H,8-16H2,1-3H3. The van der Waals surface area contributed by atoms with E-state index in [4.69, 9.17) is 4.74 Å². The summed E-state index contributed by atoms with van der Waals surface area (Å²) in [6.07, 6.45) is 3.60. The Morgan fingerprint density at radius 3 is 2.54 bits per heavy atom. The zero-order valence-electron chi connectivity index (χ0n) is 17.5. The number of aliphatic hydroxyl groups excluding tert-OH is 1. The maximum absolute atomic E-state index is 14.0. The molecule has 4 unspecified atom stereocenters. The molecule has 2 aliphatic carbocycles. The quantitative estimate of drug-likeness (QED) is 0.806. The van der Waals surface area contributed by atoms with Gasteiger partial charge < -0.3 is 14.7 Å². The Morgan fingerprint density at radius 1 is 1.18 bits per heavy atom. The van der Waals surface area contributed by atoms with Crippen LogP contribution in [-0.4, -0.2) is 61.5 Å². The number of benzene rings is 1. The van der Waals surface area contributed by atoms with Crippen LogP contribution in [0.4, 0.5) is 10.1 Å². The van der Waals surface area contributed by atoms with Crippen molar-refractivity contribution in [2.24, 2.45) is 16.7 Å². The van der Waals surface area contributed by atoms with Crippen molar-refractivity contribution in [3.8, 4) is 0 Å². The Hall–Kier alpha value is -1.17. The van der Waals surface area contributed by atoms with Crippen molar-refractivity contribution < 1.29 is 14.2 Å². The molecule has 1 aromatic rings. The van der Waals surface area contributed by atoms with E-state index in [1.165, 1.54) is 25.3 Å². The minimum absolute atomic E-state index is 0.161. The lowest BCUT2D eigenvalue weighted by atomic mass is 9.70. The maximum atomic E-state index is 14.0. The fraction of sp³-hybridized carbons (Fsp3) is 0.739. The summed E-state index contributed by atoms with van der Waals surface area (Å²) in [6.45, 7) is 11.3. The number of para-hydroxylation sites is 1. The van der Waals surface area contributed by atoms with Crippen LogP contribution in [0.25, 0.3) is 0 Å². The zero-order valence-corrected chi connectivity index (χ0v) is 17.5. The van der Waals surface area contributed by atoms with Crippen LogP contribution in [0.3, 0.4) is 0 Å². The predicted molar refractivity (Wildman–Crippen MR) is 110 cm³/mol. The third-order valence-electron chi connectivity index (χ3n) is 7.63. The molecule has 4 nitrogen and oxygen atoms in total. The lowest BCUT2D eigenvalue weighted by Gasteiger charge is -2.43. The lowest BCUT2D eigenvalue weighted by molar-refractivity contribution is -0.113. The average molecular weight is 391 g/mol. The molecule has 2 saturated carbocycles. The van der Waals surface area contributed by atoms with Crippen molar-refractivity contribution in [1.82, 2.24) is 4.90 Å². The van der Waals surface area contributed by atoms with Gasteiger partial charge in [-0.25, -0.2) is 4.39 Å². The Labute approximate surface area is 168 Å². The first-order valence-electron chi connectivity index (χ1n) is 10.8. The highest BCUT2D eigenvalue weighted by Crippen LogP contribution is 2.63. The van der Waals surface area contributed by atoms with Crippen molar-refractivity contribution in [2.45, 2.75) is 52.2 Å². The molecule has 1 aromatic carbocycles. The number of hydrogen-bond acceptors (Lipinski definition) is 4. The van der Waals surface area contributed by atoms with Gasteiger partial charge in [0.1, 0.15) is 5.82 Å². The van der Waals surface area contributed by atoms with Gasteiger partial charge in [-0.1, -0.05) is 32.9 Å². The SMILES string of the molecule is CC12CCC(C1)C(C)(C)C2OCC(O)CN1CCN(c2ccccc2F)CC1. The first-order chi connectivity index (χ1) is 13.3. The molecule has 4 atom stereocenters. The highest BCUT2D eigenvalue weighted by atomic mass is 19.1. The fourth-order valence-corrected chi connectivity index (χ4v) is 6.11. The number of rotatable bonds is 6. The van der Waals surface area contributed by atoms with Crippen molar-refractivity contribution in [3.63, 3.8) is 0 Å². The number of piperazine rings is 1. The molecule has 28 heavy (non-hydrogen) atoms. The highest BCUT2D eigenvalue weighted by Gasteiger charge is 2.60. The van der Waals surface area contributed by atoms with E-state index < -0.39 is 6.10 Å². The van der Waals surface area contributed by atoms with Crippen LogP contribution in [0.5, 0.6) is 0 Å². The number of fused-ring (bicyclic) bond motifs is 2. The number of hydrogen-bond donors (Lipinski definition) is 1. The summed E-state index contributed by atoms with van der Waals surface area (Å²) in [5, 5.41) is 10.6. The van der Waals surface area contributed by atoms with Gasteiger partial charge >= 0.3 is 0 Å². The van der Waals surface area contributed by atoms with E-state index in [0.717, 1.165) is 32.1 Å². The Morgan fingerprint density at radius 2 is 1.89 bits per heavy atom. The van der Waals surface area contributed by atoms with Gasteiger partial charge in [0.25, 0.3) is 0 Å². The third-order valence-corrected chi connectivity index (χ3v) is 7.63. The molecule has 1 N–H and O–H groups in total. The average Bonchev–Trinajstić information content (AvgIpc) is 3.14. The number of halogens is 1. The van der Waals surface area contributed by atoms with Crippen LogP contribution in [0.1, 0.15) is 40.0 Å². The lowest BCUT2D eigenvalue weighted by Crippen LogP contribution is -2.50. The Kier molecular flexibility index (Phi) is 5.45. The largest absolute Gasteiger partial charge is 0.389 e. The molecule has 4 rings (SSSR count). The smallest absolute Gasteiger partial charge is 0.146 e. The summed E-state index contributed by atoms with van der Waals surface area (Å²) in [7, 11) is 0. The monoisotopic (exact) mass is 390 g/mol. The Bertz CT molecular complexity index is 684. The van der Waals surface area contributed by atoms with E-state index in [9.17, 15) is 9.50 Å². The van der Waals surface area contributed by atoms with Crippen molar-refractivity contribution in [1.29, 1.82) is 0 Å². The summed E-state index contributed by atoms with van der Waals surface area (Å²) in [4.78, 5) is 4.35. The number of β-amino-alcohol motifs (C(OH)–C–C–N with tert-alkyl or cyclic N) is 1. The second kappa shape index (κ2) is 7.58. The minimum atomic E-state index is -0.474. The molecular formula is C23H35FN2O2. The van der Waals surface area contributed by atoms with Gasteiger partial charge in [-0.3, -0.25) is 4.90 Å². The summed E-state index contributed by atoms with van der Waals surface area (Å²) in [5.41, 5.74) is 1.16. The molecule has 0 spiro atoms. The van der Waals surface area contributed by atoms with Gasteiger partial charge in [-0.15, -0.1) is 0 Å². The number of ether oxygens (including phenoxy) is 1. The van der Waals surface area contributed by atoms with Crippen LogP contribution in [0.15, 0.2) is 24.3 Å². The number of aliphatic hydroxyl groups is 1. The van der Waals surface area contributed by atoms with E-state index in [0.29, 0.717) is 18.8 Å². The van der Waals surface area contributed by atoms with Crippen LogP contribution in [0.2, 0.25) is 0 Å². The van der Waals surface area contributed by atoms with Gasteiger partial charge in [-0.2, -0.15) is 0 Å². The summed E-state index contributed by atoms with van der Waals surface area (Å²) in [5.74, 6) is 0.595. The molecule has 0 radical (unpaired) electrons. The van der Waals surface area contributed by atoms with E-state index in [1.54, 1.807) is 6.07 Å². The molecule has 156 valence electrons. The molecule has 3 fully saturated rings. The van der Waals surface area contributed by atoms with Gasteiger partial charge in [0.05, 0.1) is 24.5 Å². The predicted octanol–water partition coefficient (Wildman–Crippen LogP) is 3.54. The zero-order chi connectivity index (χ0) is 19.9. The van der Waals surface area contributed by atoms with Crippen molar-refractivity contribution >= 4 is 5.69 Å². The third kappa shape index (κ3) is 3.69. The molecule has 1 heterocycles. The molecule has 2 bridgehead atoms. The van der Waals surface area contributed by atoms with Crippen molar-refractivity contribution in [3.05, 3.63) is 30.1 Å². The van der Waals surface area contributed by atoms with Gasteiger partial charge in [0.2, 0.25) is 0 Å². The molecule has 3 aliphatic rings. The van der Waals surface area contributed by atoms with E-state index in [-0.39, 0.29) is 22.8 Å². The maximum Gasteiger partial charge on any atom is 0.146 e. The van der Waals surface area contributed by atoms with Crippen LogP contribution < -0.4 is 4.90 Å².